The van der Waals surface area contributed by atoms with E-state index in [0.29, 0.717) is 48.9 Å². The first-order valence-electron chi connectivity index (χ1n) is 12.8. The van der Waals surface area contributed by atoms with E-state index < -0.39 is 26.5 Å². The van der Waals surface area contributed by atoms with Crippen molar-refractivity contribution in [2.24, 2.45) is 0 Å². The highest BCUT2D eigenvalue weighted by molar-refractivity contribution is 7.94. The van der Waals surface area contributed by atoms with Crippen LogP contribution in [0.2, 0.25) is 0 Å². The summed E-state index contributed by atoms with van der Waals surface area (Å²) < 4.78 is 68.7. The molecular formula is C27H34F3N7O2S. The molecule has 40 heavy (non-hydrogen) atoms. The fraction of sp³-hybridized carbons (Fsp3) is 0.407. The summed E-state index contributed by atoms with van der Waals surface area (Å²) >= 11 is 0. The molecule has 0 amide bonds. The average Bonchev–Trinajstić information content (AvgIpc) is 2.85. The number of likely N-dealkylation sites (N-methyl/N-ethyl adjacent to an activating group) is 1. The van der Waals surface area contributed by atoms with Gasteiger partial charge in [-0.3, -0.25) is 4.72 Å². The van der Waals surface area contributed by atoms with E-state index in [1.54, 1.807) is 69.1 Å². The summed E-state index contributed by atoms with van der Waals surface area (Å²) in [4.78, 5) is 12.5. The van der Waals surface area contributed by atoms with Gasteiger partial charge in [0.2, 0.25) is 16.0 Å². The van der Waals surface area contributed by atoms with Crippen LogP contribution in [-0.2, 0) is 16.2 Å². The van der Waals surface area contributed by atoms with Gasteiger partial charge in [0.15, 0.2) is 0 Å². The van der Waals surface area contributed by atoms with E-state index in [4.69, 9.17) is 0 Å². The number of halogens is 3. The fourth-order valence-electron chi connectivity index (χ4n) is 4.03. The number of hydrogen-bond donors (Lipinski definition) is 3. The number of benzene rings is 2. The molecule has 4 rings (SSSR count). The van der Waals surface area contributed by atoms with Gasteiger partial charge in [0, 0.05) is 55.0 Å². The summed E-state index contributed by atoms with van der Waals surface area (Å²) in [5.41, 5.74) is 1.27. The van der Waals surface area contributed by atoms with Crippen molar-refractivity contribution < 1.29 is 21.6 Å². The summed E-state index contributed by atoms with van der Waals surface area (Å²) in [6.45, 7) is 9.01. The summed E-state index contributed by atoms with van der Waals surface area (Å²) in [5.74, 6) is 0.525. The number of aryl methyl sites for hydroxylation is 1. The topological polar surface area (TPSA) is 102 Å². The second-order valence-corrected chi connectivity index (χ2v) is 13.2. The molecular weight excluding hydrogens is 543 g/mol. The summed E-state index contributed by atoms with van der Waals surface area (Å²) in [6.07, 6.45) is -2.98. The third kappa shape index (κ3) is 6.94. The fourth-order valence-corrected chi connectivity index (χ4v) is 4.77. The van der Waals surface area contributed by atoms with Gasteiger partial charge >= 0.3 is 6.18 Å². The number of sulfonamides is 1. The first-order valence-corrected chi connectivity index (χ1v) is 14.3. The molecule has 2 heterocycles. The Labute approximate surface area is 232 Å². The molecule has 3 N–H and O–H groups in total. The van der Waals surface area contributed by atoms with Gasteiger partial charge in [-0.05, 0) is 71.1 Å². The summed E-state index contributed by atoms with van der Waals surface area (Å²) in [6, 6.07) is 10.9. The zero-order valence-corrected chi connectivity index (χ0v) is 23.9. The number of aromatic nitrogens is 2. The molecule has 2 aromatic carbocycles. The zero-order valence-electron chi connectivity index (χ0n) is 23.1. The van der Waals surface area contributed by atoms with Crippen LogP contribution in [0.3, 0.4) is 0 Å². The van der Waals surface area contributed by atoms with Crippen LogP contribution in [0.15, 0.2) is 48.7 Å². The number of anilines is 6. The van der Waals surface area contributed by atoms with Gasteiger partial charge in [-0.2, -0.15) is 18.2 Å². The lowest BCUT2D eigenvalue weighted by Gasteiger charge is -2.35. The van der Waals surface area contributed by atoms with Crippen molar-refractivity contribution >= 4 is 44.5 Å². The van der Waals surface area contributed by atoms with E-state index in [9.17, 15) is 21.6 Å². The SMILES string of the molecule is Cc1cnc(Nc2ccc(N3CCN(C)CC3)c(C(F)(F)F)c2)nc1Nc1cccc(NS(=O)(=O)C(C)(C)C)c1. The zero-order chi connectivity index (χ0) is 29.3. The molecule has 0 aliphatic carbocycles. The van der Waals surface area contributed by atoms with E-state index >= 15 is 0 Å². The summed E-state index contributed by atoms with van der Waals surface area (Å²) in [5, 5.41) is 6.02. The minimum absolute atomic E-state index is 0.109. The first kappa shape index (κ1) is 29.4. The molecule has 0 unspecified atom stereocenters. The van der Waals surface area contributed by atoms with Crippen LogP contribution in [-0.4, -0.2) is 61.3 Å². The Morgan fingerprint density at radius 2 is 1.55 bits per heavy atom. The maximum Gasteiger partial charge on any atom is 0.418 e. The van der Waals surface area contributed by atoms with Gasteiger partial charge in [-0.25, -0.2) is 13.4 Å². The van der Waals surface area contributed by atoms with Crippen molar-refractivity contribution in [2.75, 3.05) is 53.5 Å². The molecule has 1 fully saturated rings. The van der Waals surface area contributed by atoms with Gasteiger partial charge in [0.05, 0.1) is 16.0 Å². The Hall–Kier alpha value is -3.58. The van der Waals surface area contributed by atoms with E-state index in [1.165, 1.54) is 6.07 Å². The number of hydrogen-bond acceptors (Lipinski definition) is 8. The second kappa shape index (κ2) is 11.1. The molecule has 0 atom stereocenters. The molecule has 1 saturated heterocycles. The molecule has 13 heteroatoms. The highest BCUT2D eigenvalue weighted by Crippen LogP contribution is 2.39. The standard InChI is InChI=1S/C27H34F3N7O2S/c1-18-17-31-25(34-24(18)32-19-7-6-8-21(15-19)35-40(38,39)26(2,3)4)33-20-9-10-23(22(16-20)27(28,29)30)37-13-11-36(5)12-14-37/h6-10,15-17,35H,11-14H2,1-5H3,(H2,31,32,33,34). The quantitative estimate of drug-likeness (QED) is 0.334. The van der Waals surface area contributed by atoms with Crippen molar-refractivity contribution in [3.8, 4) is 0 Å². The lowest BCUT2D eigenvalue weighted by molar-refractivity contribution is -0.137. The van der Waals surface area contributed by atoms with E-state index in [2.05, 4.69) is 30.2 Å². The lowest BCUT2D eigenvalue weighted by Crippen LogP contribution is -2.45. The Bertz CT molecular complexity index is 1470. The normalized spacial score (nSPS) is 15.2. The second-order valence-electron chi connectivity index (χ2n) is 10.8. The monoisotopic (exact) mass is 577 g/mol. The molecule has 0 bridgehead atoms. The van der Waals surface area contributed by atoms with Crippen LogP contribution in [0.4, 0.5) is 47.7 Å². The van der Waals surface area contributed by atoms with Gasteiger partial charge in [0.25, 0.3) is 0 Å². The third-order valence-corrected chi connectivity index (χ3v) is 8.67. The Morgan fingerprint density at radius 1 is 0.900 bits per heavy atom. The molecule has 1 aromatic heterocycles. The van der Waals surface area contributed by atoms with Crippen molar-refractivity contribution in [2.45, 2.75) is 38.6 Å². The average molecular weight is 578 g/mol. The van der Waals surface area contributed by atoms with Crippen LogP contribution in [0.5, 0.6) is 0 Å². The molecule has 0 radical (unpaired) electrons. The number of nitrogens with one attached hydrogen (secondary N) is 3. The van der Waals surface area contributed by atoms with Crippen LogP contribution >= 0.6 is 0 Å². The predicted octanol–water partition coefficient (Wildman–Crippen LogP) is 5.58. The van der Waals surface area contributed by atoms with Gasteiger partial charge in [-0.15, -0.1) is 0 Å². The highest BCUT2D eigenvalue weighted by atomic mass is 32.2. The molecule has 9 nitrogen and oxygen atoms in total. The first-order chi connectivity index (χ1) is 18.6. The van der Waals surface area contributed by atoms with Crippen LogP contribution in [0.1, 0.15) is 31.9 Å². The number of nitrogens with zero attached hydrogens (tertiary/aromatic N) is 4. The van der Waals surface area contributed by atoms with Crippen molar-refractivity contribution in [1.29, 1.82) is 0 Å². The largest absolute Gasteiger partial charge is 0.418 e. The van der Waals surface area contributed by atoms with Gasteiger partial charge in [0.1, 0.15) is 5.82 Å². The van der Waals surface area contributed by atoms with E-state index in [-0.39, 0.29) is 17.3 Å². The van der Waals surface area contributed by atoms with Crippen LogP contribution in [0.25, 0.3) is 0 Å². The molecule has 216 valence electrons. The van der Waals surface area contributed by atoms with Crippen molar-refractivity contribution in [1.82, 2.24) is 14.9 Å². The molecule has 1 aliphatic heterocycles. The minimum Gasteiger partial charge on any atom is -0.368 e. The molecule has 0 spiro atoms. The predicted molar refractivity (Wildman–Crippen MR) is 153 cm³/mol. The Morgan fingerprint density at radius 3 is 2.20 bits per heavy atom. The maximum atomic E-state index is 14.0. The van der Waals surface area contributed by atoms with E-state index in [0.717, 1.165) is 6.07 Å². The van der Waals surface area contributed by atoms with Gasteiger partial charge in [-0.1, -0.05) is 6.07 Å². The number of rotatable bonds is 7. The van der Waals surface area contributed by atoms with E-state index in [1.807, 2.05) is 7.05 Å². The Balaban J connectivity index is 1.55. The molecule has 0 saturated carbocycles. The minimum atomic E-state index is -4.53. The highest BCUT2D eigenvalue weighted by Gasteiger charge is 2.36. The van der Waals surface area contributed by atoms with Crippen LogP contribution < -0.4 is 20.3 Å². The third-order valence-electron chi connectivity index (χ3n) is 6.56. The van der Waals surface area contributed by atoms with Crippen molar-refractivity contribution in [3.05, 3.63) is 59.8 Å². The number of alkyl halides is 3. The summed E-state index contributed by atoms with van der Waals surface area (Å²) in [7, 11) is -1.67. The number of piperazine rings is 1. The lowest BCUT2D eigenvalue weighted by atomic mass is 10.1. The van der Waals surface area contributed by atoms with Gasteiger partial charge < -0.3 is 20.4 Å². The Kier molecular flexibility index (Phi) is 8.18. The van der Waals surface area contributed by atoms with Crippen molar-refractivity contribution in [3.63, 3.8) is 0 Å². The van der Waals surface area contributed by atoms with Crippen LogP contribution in [0, 0.1) is 6.92 Å². The maximum absolute atomic E-state index is 14.0. The molecule has 1 aliphatic rings. The smallest absolute Gasteiger partial charge is 0.368 e. The molecule has 3 aromatic rings.